The second-order valence-electron chi connectivity index (χ2n) is 18.4. The number of ketones is 1. The van der Waals surface area contributed by atoms with Gasteiger partial charge in [-0.1, -0.05) is 31.6 Å². The summed E-state index contributed by atoms with van der Waals surface area (Å²) in [5, 5.41) is 34.7. The first kappa shape index (κ1) is 43.9. The highest BCUT2D eigenvalue weighted by Crippen LogP contribution is 2.51. The number of hydrogen-bond acceptors (Lipinski definition) is 15. The molecule has 0 aromatic carbocycles. The monoisotopic (exact) mass is 792 g/mol. The van der Waals surface area contributed by atoms with E-state index < -0.39 is 119 Å². The van der Waals surface area contributed by atoms with Crippen molar-refractivity contribution in [2.45, 2.75) is 174 Å². The zero-order valence-electron chi connectivity index (χ0n) is 34.0. The molecule has 6 bridgehead atoms. The van der Waals surface area contributed by atoms with Gasteiger partial charge in [-0.25, -0.2) is 4.79 Å². The number of hydrogen-bond donors (Lipinski definition) is 3. The van der Waals surface area contributed by atoms with Gasteiger partial charge in [-0.3, -0.25) is 19.2 Å². The van der Waals surface area contributed by atoms with Crippen LogP contribution in [0, 0.1) is 22.2 Å². The highest BCUT2D eigenvalue weighted by Gasteiger charge is 2.64. The Balaban J connectivity index is 1.53. The molecule has 4 fully saturated rings. The molecule has 0 aliphatic carbocycles. The molecule has 5 aliphatic heterocycles. The van der Waals surface area contributed by atoms with Crippen molar-refractivity contribution in [2.75, 3.05) is 7.11 Å². The van der Waals surface area contributed by atoms with E-state index in [0.717, 1.165) is 0 Å². The van der Waals surface area contributed by atoms with Gasteiger partial charge in [0.1, 0.15) is 12.2 Å². The number of aliphatic hydroxyl groups excluding tert-OH is 2. The van der Waals surface area contributed by atoms with Crippen molar-refractivity contribution in [2.24, 2.45) is 22.2 Å². The second kappa shape index (κ2) is 16.2. The number of methoxy groups -OCH3 is 1. The smallest absolute Gasteiger partial charge is 0.330 e. The lowest BCUT2D eigenvalue weighted by atomic mass is 9.70. The van der Waals surface area contributed by atoms with Crippen LogP contribution in [0.2, 0.25) is 0 Å². The van der Waals surface area contributed by atoms with Gasteiger partial charge in [0, 0.05) is 43.1 Å². The summed E-state index contributed by atoms with van der Waals surface area (Å²) in [7, 11) is 1.26. The van der Waals surface area contributed by atoms with E-state index in [9.17, 15) is 39.3 Å². The Morgan fingerprint density at radius 1 is 0.893 bits per heavy atom. The Kier molecular flexibility index (Phi) is 12.7. The van der Waals surface area contributed by atoms with Crippen LogP contribution in [0.15, 0.2) is 23.8 Å². The Hall–Kier alpha value is -3.21. The SMILES string of the molecule is COC(=O)/C=C1/C[C@H]2C[C@]3(O)O[C@H](C[C@@H](O)CC(=O)O[C@H](C)[C@H](O)C[C@@H]4C[C@H]5CC(=O)O[C@@]5(O4)C(=O)C(C)(C)/C=C/[C@@H](C1)O2)C[C@H](OC(=O)C(C)(C)C)C3(C)C. The molecule has 4 saturated heterocycles. The van der Waals surface area contributed by atoms with Crippen molar-refractivity contribution in [3.8, 4) is 0 Å². The fourth-order valence-corrected chi connectivity index (χ4v) is 8.36. The van der Waals surface area contributed by atoms with Crippen molar-refractivity contribution >= 4 is 29.7 Å². The Morgan fingerprint density at radius 2 is 1.57 bits per heavy atom. The molecule has 0 unspecified atom stereocenters. The van der Waals surface area contributed by atoms with Crippen molar-refractivity contribution in [3.05, 3.63) is 23.8 Å². The number of rotatable bonds is 2. The maximum absolute atomic E-state index is 14.4. The van der Waals surface area contributed by atoms with Gasteiger partial charge >= 0.3 is 23.9 Å². The van der Waals surface area contributed by atoms with Crippen molar-refractivity contribution in [1.82, 2.24) is 0 Å². The third-order valence-electron chi connectivity index (χ3n) is 11.9. The highest BCUT2D eigenvalue weighted by atomic mass is 16.7. The summed E-state index contributed by atoms with van der Waals surface area (Å²) in [6.07, 6.45) is -2.77. The second-order valence-corrected chi connectivity index (χ2v) is 18.4. The van der Waals surface area contributed by atoms with Crippen LogP contribution < -0.4 is 0 Å². The molecule has 5 aliphatic rings. The van der Waals surface area contributed by atoms with Crippen LogP contribution in [0.25, 0.3) is 0 Å². The largest absolute Gasteiger partial charge is 0.466 e. The molecule has 0 aromatic rings. The molecule has 0 radical (unpaired) electrons. The minimum Gasteiger partial charge on any atom is -0.466 e. The van der Waals surface area contributed by atoms with E-state index in [2.05, 4.69) is 0 Å². The zero-order chi connectivity index (χ0) is 41.6. The van der Waals surface area contributed by atoms with E-state index in [0.29, 0.717) is 5.57 Å². The lowest BCUT2D eigenvalue weighted by molar-refractivity contribution is -0.349. The normalized spacial score (nSPS) is 40.6. The van der Waals surface area contributed by atoms with Crippen LogP contribution in [-0.2, 0) is 57.1 Å². The fourth-order valence-electron chi connectivity index (χ4n) is 8.36. The van der Waals surface area contributed by atoms with Crippen LogP contribution in [0.5, 0.6) is 0 Å². The first-order chi connectivity index (χ1) is 25.9. The van der Waals surface area contributed by atoms with Gasteiger partial charge in [0.25, 0.3) is 5.79 Å². The summed E-state index contributed by atoms with van der Waals surface area (Å²) in [6.45, 7) is 13.4. The van der Waals surface area contributed by atoms with Crippen LogP contribution >= 0.6 is 0 Å². The molecule has 0 amide bonds. The van der Waals surface area contributed by atoms with Crippen molar-refractivity contribution < 1.29 is 72.5 Å². The van der Waals surface area contributed by atoms with Crippen LogP contribution in [0.3, 0.4) is 0 Å². The third kappa shape index (κ3) is 9.39. The number of carbonyl (C=O) groups is 5. The van der Waals surface area contributed by atoms with E-state index >= 15 is 0 Å². The minimum atomic E-state index is -2.02. The predicted octanol–water partition coefficient (Wildman–Crippen LogP) is 3.52. The average molecular weight is 793 g/mol. The van der Waals surface area contributed by atoms with E-state index in [1.54, 1.807) is 60.6 Å². The van der Waals surface area contributed by atoms with Crippen LogP contribution in [-0.4, -0.2) is 112 Å². The van der Waals surface area contributed by atoms with E-state index in [-0.39, 0.29) is 51.4 Å². The molecule has 314 valence electrons. The third-order valence-corrected chi connectivity index (χ3v) is 11.9. The maximum atomic E-state index is 14.4. The number of fused-ring (bicyclic) bond motifs is 5. The summed E-state index contributed by atoms with van der Waals surface area (Å²) in [6, 6.07) is 0. The average Bonchev–Trinajstić information content (AvgIpc) is 3.56. The minimum absolute atomic E-state index is 0.0259. The molecule has 56 heavy (non-hydrogen) atoms. The van der Waals surface area contributed by atoms with Gasteiger partial charge in [-0.05, 0) is 60.8 Å². The van der Waals surface area contributed by atoms with E-state index in [1.165, 1.54) is 20.1 Å². The number of carbonyl (C=O) groups excluding carboxylic acids is 5. The predicted molar refractivity (Wildman–Crippen MR) is 196 cm³/mol. The summed E-state index contributed by atoms with van der Waals surface area (Å²) < 4.78 is 41.2. The summed E-state index contributed by atoms with van der Waals surface area (Å²) >= 11 is 0. The van der Waals surface area contributed by atoms with E-state index in [4.69, 9.17) is 33.2 Å². The van der Waals surface area contributed by atoms with E-state index in [1.807, 2.05) is 0 Å². The number of allylic oxidation sites excluding steroid dienone is 1. The number of aliphatic hydroxyl groups is 3. The summed E-state index contributed by atoms with van der Waals surface area (Å²) in [4.78, 5) is 65.6. The van der Waals surface area contributed by atoms with Gasteiger partial charge in [-0.15, -0.1) is 0 Å². The Morgan fingerprint density at radius 3 is 2.23 bits per heavy atom. The number of cyclic esters (lactones) is 1. The molecule has 0 aromatic heterocycles. The highest BCUT2D eigenvalue weighted by molar-refractivity contribution is 5.96. The van der Waals surface area contributed by atoms with Gasteiger partial charge in [0.15, 0.2) is 5.79 Å². The van der Waals surface area contributed by atoms with Gasteiger partial charge in [0.2, 0.25) is 5.78 Å². The molecule has 0 saturated carbocycles. The first-order valence-electron chi connectivity index (χ1n) is 19.6. The fraction of sp³-hybridized carbons (Fsp3) is 0.780. The topological polar surface area (TPSA) is 211 Å². The first-order valence-corrected chi connectivity index (χ1v) is 19.6. The molecular weight excluding hydrogens is 732 g/mol. The molecule has 5 heterocycles. The quantitative estimate of drug-likeness (QED) is 0.158. The zero-order valence-corrected chi connectivity index (χ0v) is 34.0. The lowest BCUT2D eigenvalue weighted by Gasteiger charge is -2.54. The van der Waals surface area contributed by atoms with Gasteiger partial charge in [-0.2, -0.15) is 0 Å². The lowest BCUT2D eigenvalue weighted by Crippen LogP contribution is -2.62. The number of ether oxygens (including phenoxy) is 7. The molecule has 1 spiro atoms. The number of esters is 4. The maximum Gasteiger partial charge on any atom is 0.330 e. The van der Waals surface area contributed by atoms with Gasteiger partial charge in [0.05, 0.1) is 67.4 Å². The molecule has 15 nitrogen and oxygen atoms in total. The summed E-state index contributed by atoms with van der Waals surface area (Å²) in [5.74, 6) is -7.48. The molecule has 3 N–H and O–H groups in total. The standard InChI is InChI=1S/C41H60O15/c1-22-30(43)19-27-15-24-16-34(46)56-41(24,55-27)35(47)38(5,6)11-10-26-12-23(14-32(44)50-9)13-29(52-26)21-40(49)39(7,8)31(53-36(48)37(2,3)4)20-28(54-40)17-25(42)18-33(45)51-22/h10-11,14,22,24-31,42-43,49H,12-13,15-21H2,1-9H3/b11-10+,23-14+/t22-,24+,25-,26+,27+,28-,29+,30-,31+,40+,41-/m1/s1. The molecular formula is C41H60O15. The number of Topliss-reactive ketones (excluding diaryl/α,β-unsaturated/α-hetero) is 1. The molecule has 11 atom stereocenters. The van der Waals surface area contributed by atoms with Crippen molar-refractivity contribution in [1.29, 1.82) is 0 Å². The Bertz CT molecular complexity index is 1590. The summed E-state index contributed by atoms with van der Waals surface area (Å²) in [5.41, 5.74) is -2.71. The van der Waals surface area contributed by atoms with Crippen molar-refractivity contribution in [3.63, 3.8) is 0 Å². The van der Waals surface area contributed by atoms with Crippen LogP contribution in [0.1, 0.15) is 113 Å². The molecule has 5 rings (SSSR count). The Labute approximate surface area is 328 Å². The molecule has 15 heteroatoms. The van der Waals surface area contributed by atoms with Crippen LogP contribution in [0.4, 0.5) is 0 Å². The van der Waals surface area contributed by atoms with Gasteiger partial charge < -0.3 is 48.5 Å².